The van der Waals surface area contributed by atoms with Gasteiger partial charge in [0, 0.05) is 42.0 Å². The van der Waals surface area contributed by atoms with E-state index in [4.69, 9.17) is 10.5 Å². The number of aromatic amines is 1. The van der Waals surface area contributed by atoms with Crippen molar-refractivity contribution in [3.8, 4) is 5.75 Å². The molecule has 2 aliphatic heterocycles. The number of fused-ring (bicyclic) bond motifs is 2. The molecule has 8 heteroatoms. The number of benzene rings is 2. The molecule has 5 rings (SSSR count). The van der Waals surface area contributed by atoms with E-state index in [1.54, 1.807) is 18.7 Å². The Morgan fingerprint density at radius 3 is 2.81 bits per heavy atom. The number of aromatic nitrogens is 1. The first-order valence-electron chi connectivity index (χ1n) is 12.5. The van der Waals surface area contributed by atoms with E-state index in [9.17, 15) is 14.7 Å². The van der Waals surface area contributed by atoms with Crippen molar-refractivity contribution in [2.75, 3.05) is 13.1 Å². The highest BCUT2D eigenvalue weighted by atomic mass is 16.5. The van der Waals surface area contributed by atoms with Crippen molar-refractivity contribution < 1.29 is 19.4 Å². The van der Waals surface area contributed by atoms with Crippen molar-refractivity contribution in [3.63, 3.8) is 0 Å². The maximum Gasteiger partial charge on any atom is 0.245 e. The van der Waals surface area contributed by atoms with Gasteiger partial charge in [0.25, 0.3) is 0 Å². The molecule has 2 unspecified atom stereocenters. The molecular weight excluding hydrogens is 456 g/mol. The number of hydrogen-bond acceptors (Lipinski definition) is 5. The minimum absolute atomic E-state index is 0.172. The molecule has 5 N–H and O–H groups in total. The average Bonchev–Trinajstić information content (AvgIpc) is 3.25. The number of carbonyl (C=O) groups is 2. The van der Waals surface area contributed by atoms with Crippen molar-refractivity contribution in [2.45, 2.75) is 62.8 Å². The third-order valence-corrected chi connectivity index (χ3v) is 7.31. The molecule has 190 valence electrons. The van der Waals surface area contributed by atoms with Crippen molar-refractivity contribution in [2.24, 2.45) is 5.73 Å². The molecule has 1 spiro atoms. The minimum atomic E-state index is -1.12. The highest BCUT2D eigenvalue weighted by Gasteiger charge is 2.45. The van der Waals surface area contributed by atoms with Gasteiger partial charge in [-0.3, -0.25) is 9.59 Å². The van der Waals surface area contributed by atoms with Crippen LogP contribution in [0.4, 0.5) is 0 Å². The van der Waals surface area contributed by atoms with Crippen molar-refractivity contribution in [3.05, 3.63) is 65.9 Å². The van der Waals surface area contributed by atoms with Crippen molar-refractivity contribution in [1.82, 2.24) is 15.2 Å². The monoisotopic (exact) mass is 490 g/mol. The number of piperidine rings is 1. The van der Waals surface area contributed by atoms with Gasteiger partial charge in [0.1, 0.15) is 17.4 Å². The fourth-order valence-electron chi connectivity index (χ4n) is 5.41. The first-order valence-corrected chi connectivity index (χ1v) is 12.5. The fourth-order valence-corrected chi connectivity index (χ4v) is 5.41. The number of aliphatic hydroxyl groups is 1. The van der Waals surface area contributed by atoms with Gasteiger partial charge < -0.3 is 30.8 Å². The maximum atomic E-state index is 13.9. The van der Waals surface area contributed by atoms with Crippen LogP contribution in [0.5, 0.6) is 5.75 Å². The summed E-state index contributed by atoms with van der Waals surface area (Å²) >= 11 is 0. The standard InChI is InChI=1S/C28H34N4O4/c1-27(2,29)26(35)31-22(14-18-16-30-21-10-5-3-8-19(18)21)25(34)32-13-7-12-28(17-32)15-23(33)20-9-4-6-11-24(20)36-28/h3-6,8-11,16,22-23,30,33H,7,12-15,17,29H2,1-2H3,(H,31,35)/t22-,23?,28?/m1/s1. The van der Waals surface area contributed by atoms with Crippen LogP contribution in [0.25, 0.3) is 10.9 Å². The van der Waals surface area contributed by atoms with Gasteiger partial charge in [-0.05, 0) is 44.4 Å². The van der Waals surface area contributed by atoms with Crippen LogP contribution < -0.4 is 15.8 Å². The summed E-state index contributed by atoms with van der Waals surface area (Å²) < 4.78 is 6.42. The van der Waals surface area contributed by atoms with Gasteiger partial charge in [-0.25, -0.2) is 0 Å². The van der Waals surface area contributed by atoms with Crippen molar-refractivity contribution >= 4 is 22.7 Å². The molecule has 3 aromatic rings. The number of carbonyl (C=O) groups excluding carboxylic acids is 2. The van der Waals surface area contributed by atoms with Gasteiger partial charge >= 0.3 is 0 Å². The van der Waals surface area contributed by atoms with Crippen LogP contribution in [-0.4, -0.2) is 57.1 Å². The Kier molecular flexibility index (Phi) is 6.26. The van der Waals surface area contributed by atoms with Gasteiger partial charge in [0.2, 0.25) is 11.8 Å². The van der Waals surface area contributed by atoms with Crippen LogP contribution in [0.15, 0.2) is 54.7 Å². The number of amides is 2. The highest BCUT2D eigenvalue weighted by molar-refractivity contribution is 5.92. The number of nitrogens with one attached hydrogen (secondary N) is 2. The van der Waals surface area contributed by atoms with Crippen LogP contribution in [0.3, 0.4) is 0 Å². The largest absolute Gasteiger partial charge is 0.485 e. The first-order chi connectivity index (χ1) is 17.2. The van der Waals surface area contributed by atoms with Crippen LogP contribution in [0, 0.1) is 0 Å². The predicted molar refractivity (Wildman–Crippen MR) is 137 cm³/mol. The van der Waals surface area contributed by atoms with Gasteiger partial charge in [0.05, 0.1) is 18.2 Å². The topological polar surface area (TPSA) is 121 Å². The summed E-state index contributed by atoms with van der Waals surface area (Å²) in [6.07, 6.45) is 3.49. The molecule has 3 heterocycles. The molecule has 0 bridgehead atoms. The summed E-state index contributed by atoms with van der Waals surface area (Å²) in [5.41, 5.74) is 6.97. The van der Waals surface area contributed by atoms with Gasteiger partial charge in [-0.2, -0.15) is 0 Å². The number of aliphatic hydroxyl groups excluding tert-OH is 1. The number of H-pyrrole nitrogens is 1. The minimum Gasteiger partial charge on any atom is -0.485 e. The Morgan fingerprint density at radius 1 is 1.25 bits per heavy atom. The quantitative estimate of drug-likeness (QED) is 0.438. The van der Waals surface area contributed by atoms with E-state index in [2.05, 4.69) is 10.3 Å². The molecule has 1 saturated heterocycles. The molecule has 3 atom stereocenters. The van der Waals surface area contributed by atoms with Crippen LogP contribution >= 0.6 is 0 Å². The summed E-state index contributed by atoms with van der Waals surface area (Å²) in [6, 6.07) is 14.6. The van der Waals surface area contributed by atoms with Crippen molar-refractivity contribution in [1.29, 1.82) is 0 Å². The second kappa shape index (κ2) is 9.26. The van der Waals surface area contributed by atoms with E-state index in [0.717, 1.165) is 34.9 Å². The third-order valence-electron chi connectivity index (χ3n) is 7.31. The summed E-state index contributed by atoms with van der Waals surface area (Å²) in [4.78, 5) is 31.8. The van der Waals surface area contributed by atoms with Gasteiger partial charge in [-0.1, -0.05) is 36.4 Å². The second-order valence-corrected chi connectivity index (χ2v) is 10.7. The molecule has 0 saturated carbocycles. The number of rotatable bonds is 5. The second-order valence-electron chi connectivity index (χ2n) is 10.7. The Morgan fingerprint density at radius 2 is 2.00 bits per heavy atom. The average molecular weight is 491 g/mol. The lowest BCUT2D eigenvalue weighted by molar-refractivity contribution is -0.144. The molecule has 36 heavy (non-hydrogen) atoms. The number of likely N-dealkylation sites (tertiary alicyclic amines) is 1. The van der Waals surface area contributed by atoms with Crippen LogP contribution in [0.2, 0.25) is 0 Å². The normalized spacial score (nSPS) is 22.7. The zero-order valence-corrected chi connectivity index (χ0v) is 20.8. The lowest BCUT2D eigenvalue weighted by atomic mass is 9.82. The van der Waals surface area contributed by atoms with E-state index >= 15 is 0 Å². The number of nitrogens with two attached hydrogens (primary N) is 1. The number of hydrogen-bond donors (Lipinski definition) is 4. The summed E-state index contributed by atoms with van der Waals surface area (Å²) in [5, 5.41) is 14.8. The third kappa shape index (κ3) is 4.70. The Balaban J connectivity index is 1.40. The zero-order chi connectivity index (χ0) is 25.5. The molecule has 0 radical (unpaired) electrons. The van der Waals surface area contributed by atoms with Gasteiger partial charge in [0.15, 0.2) is 0 Å². The van der Waals surface area contributed by atoms with Crippen LogP contribution in [0.1, 0.15) is 50.3 Å². The molecule has 0 aliphatic carbocycles. The molecular formula is C28H34N4O4. The zero-order valence-electron chi connectivity index (χ0n) is 20.8. The Hall–Kier alpha value is -3.36. The lowest BCUT2D eigenvalue weighted by Crippen LogP contribution is -2.61. The summed E-state index contributed by atoms with van der Waals surface area (Å²) in [6.45, 7) is 4.16. The predicted octanol–water partition coefficient (Wildman–Crippen LogP) is 2.81. The van der Waals surface area contributed by atoms with E-state index in [1.165, 1.54) is 0 Å². The fraction of sp³-hybridized carbons (Fsp3) is 0.429. The number of nitrogens with zero attached hydrogens (tertiary/aromatic N) is 1. The number of para-hydroxylation sites is 2. The van der Waals surface area contributed by atoms with E-state index in [0.29, 0.717) is 31.7 Å². The molecule has 1 fully saturated rings. The smallest absolute Gasteiger partial charge is 0.245 e. The lowest BCUT2D eigenvalue weighted by Gasteiger charge is -2.47. The van der Waals surface area contributed by atoms with E-state index in [1.807, 2.05) is 54.7 Å². The summed E-state index contributed by atoms with van der Waals surface area (Å²) in [5.74, 6) is 0.110. The molecule has 1 aromatic heterocycles. The van der Waals surface area contributed by atoms with E-state index in [-0.39, 0.29) is 11.8 Å². The maximum absolute atomic E-state index is 13.9. The first kappa shape index (κ1) is 24.3. The molecule has 2 aromatic carbocycles. The summed E-state index contributed by atoms with van der Waals surface area (Å²) in [7, 11) is 0. The Bertz CT molecular complexity index is 1280. The van der Waals surface area contributed by atoms with E-state index < -0.39 is 23.3 Å². The van der Waals surface area contributed by atoms with Gasteiger partial charge in [-0.15, -0.1) is 0 Å². The molecule has 2 aliphatic rings. The molecule has 2 amide bonds. The van der Waals surface area contributed by atoms with Crippen LogP contribution in [-0.2, 0) is 16.0 Å². The number of ether oxygens (including phenoxy) is 1. The SMILES string of the molecule is CC(C)(N)C(=O)N[C@H](Cc1c[nH]c2ccccc12)C(=O)N1CCCC2(CC(O)c3ccccc3O2)C1. The Labute approximate surface area is 210 Å². The highest BCUT2D eigenvalue weighted by Crippen LogP contribution is 2.43. The molecule has 8 nitrogen and oxygen atoms in total.